The minimum Gasteiger partial charge on any atom is -0.512 e. The summed E-state index contributed by atoms with van der Waals surface area (Å²) >= 11 is 0. The molecule has 0 aromatic carbocycles. The standard InChI is InChI=1S/C22H38.C5H5O.C4H10.CH4.H2O/c1-10-17(4)12-11-13-22(9)15-20(14-21(22,7)8)19(6)18(5)16(2)3;6-5-3-1-2-4-5;1-3-4-2;;/h10-13,16-20H,1,7,14-15H2,2-6,8-9H3;1-4,6H;3-4H2,1-2H3;1H4;1H2/b12-11-;;;;/t17?,18-,19-,20?,21?,22?;;;;/m1..../s1. The third kappa shape index (κ3) is 12.4. The van der Waals surface area contributed by atoms with E-state index in [9.17, 15) is 0 Å². The number of unbranched alkanes of at least 4 members (excludes halogenated alkanes) is 1. The molecule has 0 spiro atoms. The zero-order valence-electron chi connectivity index (χ0n) is 23.2. The topological polar surface area (TPSA) is 51.7 Å². The van der Waals surface area contributed by atoms with Gasteiger partial charge in [-0.2, -0.15) is 0 Å². The Morgan fingerprint density at radius 2 is 1.62 bits per heavy atom. The van der Waals surface area contributed by atoms with E-state index in [0.29, 0.717) is 11.7 Å². The Morgan fingerprint density at radius 3 is 1.97 bits per heavy atom. The highest BCUT2D eigenvalue weighted by Crippen LogP contribution is 2.59. The summed E-state index contributed by atoms with van der Waals surface area (Å²) in [5.41, 5.74) is 0.324. The Bertz CT molecular complexity index is 609. The van der Waals surface area contributed by atoms with E-state index >= 15 is 0 Å². The molecule has 2 aliphatic carbocycles. The van der Waals surface area contributed by atoms with Crippen LogP contribution in [0.1, 0.15) is 95.4 Å². The summed E-state index contributed by atoms with van der Waals surface area (Å²) in [6.07, 6.45) is 20.9. The predicted octanol–water partition coefficient (Wildman–Crippen LogP) is 9.57. The summed E-state index contributed by atoms with van der Waals surface area (Å²) < 4.78 is 0. The molecule has 3 radical (unpaired) electrons. The van der Waals surface area contributed by atoms with Crippen molar-refractivity contribution in [3.63, 3.8) is 0 Å². The Labute approximate surface area is 215 Å². The molecular weight excluding hydrogens is 416 g/mol. The molecule has 0 bridgehead atoms. The first-order valence-electron chi connectivity index (χ1n) is 12.8. The molecule has 1 fully saturated rings. The van der Waals surface area contributed by atoms with Crippen molar-refractivity contribution >= 4 is 0 Å². The Kier molecular flexibility index (Phi) is 19.8. The van der Waals surface area contributed by atoms with Crippen molar-refractivity contribution in [3.05, 3.63) is 68.6 Å². The fourth-order valence-corrected chi connectivity index (χ4v) is 4.24. The smallest absolute Gasteiger partial charge is 0.100 e. The van der Waals surface area contributed by atoms with Crippen LogP contribution in [0.2, 0.25) is 0 Å². The summed E-state index contributed by atoms with van der Waals surface area (Å²) in [4.78, 5) is 0. The Hall–Kier alpha value is -1.28. The van der Waals surface area contributed by atoms with Crippen molar-refractivity contribution < 1.29 is 10.6 Å². The van der Waals surface area contributed by atoms with E-state index in [2.05, 4.69) is 94.4 Å². The molecule has 199 valence electrons. The first kappa shape index (κ1) is 37.3. The van der Waals surface area contributed by atoms with Gasteiger partial charge < -0.3 is 10.6 Å². The second kappa shape index (κ2) is 18.1. The van der Waals surface area contributed by atoms with E-state index in [1.165, 1.54) is 25.7 Å². The summed E-state index contributed by atoms with van der Waals surface area (Å²) in [6.45, 7) is 29.3. The normalized spacial score (nSPS) is 25.0. The molecule has 4 unspecified atom stereocenters. The van der Waals surface area contributed by atoms with Crippen LogP contribution >= 0.6 is 0 Å². The van der Waals surface area contributed by atoms with Gasteiger partial charge in [0.05, 0.1) is 0 Å². The zero-order valence-corrected chi connectivity index (χ0v) is 23.2. The fraction of sp³-hybridized carbons (Fsp3) is 0.656. The minimum absolute atomic E-state index is 0. The molecule has 0 aromatic rings. The summed E-state index contributed by atoms with van der Waals surface area (Å²) in [5, 5.41) is 8.47. The molecule has 3 N–H and O–H groups in total. The van der Waals surface area contributed by atoms with Gasteiger partial charge in [-0.05, 0) is 72.7 Å². The highest BCUT2D eigenvalue weighted by molar-refractivity contribution is 5.28. The highest BCUT2D eigenvalue weighted by atomic mass is 16.3. The van der Waals surface area contributed by atoms with E-state index in [0.717, 1.165) is 23.7 Å². The lowest BCUT2D eigenvalue weighted by atomic mass is 9.67. The van der Waals surface area contributed by atoms with Crippen LogP contribution in [0.25, 0.3) is 0 Å². The van der Waals surface area contributed by atoms with Gasteiger partial charge in [0.1, 0.15) is 5.76 Å². The average molecular weight is 476 g/mol. The van der Waals surface area contributed by atoms with Gasteiger partial charge in [-0.3, -0.25) is 0 Å². The molecule has 0 amide bonds. The van der Waals surface area contributed by atoms with Crippen LogP contribution in [0.3, 0.4) is 0 Å². The lowest BCUT2D eigenvalue weighted by Gasteiger charge is -2.37. The van der Waals surface area contributed by atoms with Crippen molar-refractivity contribution in [2.24, 2.45) is 40.4 Å². The number of hydrogen-bond donors (Lipinski definition) is 1. The third-order valence-electron chi connectivity index (χ3n) is 7.80. The summed E-state index contributed by atoms with van der Waals surface area (Å²) in [5.74, 6) is 3.87. The molecule has 0 aromatic heterocycles. The molecule has 6 atom stereocenters. The van der Waals surface area contributed by atoms with Gasteiger partial charge in [-0.1, -0.05) is 113 Å². The SMILES string of the molecule is C.CCCC.O.OC1=CC=C[CH]1.[CH2]C1(C)CC([C@H](C)[C@H](C)C(C)C)CC1(C)[CH]/C=C\C(C)C=C. The van der Waals surface area contributed by atoms with Gasteiger partial charge in [0.25, 0.3) is 0 Å². The van der Waals surface area contributed by atoms with E-state index < -0.39 is 0 Å². The highest BCUT2D eigenvalue weighted by Gasteiger charge is 2.50. The van der Waals surface area contributed by atoms with Gasteiger partial charge >= 0.3 is 0 Å². The number of aliphatic hydroxyl groups is 1. The van der Waals surface area contributed by atoms with Gasteiger partial charge in [-0.15, -0.1) is 6.58 Å². The average Bonchev–Trinajstić information content (AvgIpc) is 3.31. The Morgan fingerprint density at radius 1 is 1.06 bits per heavy atom. The second-order valence-electron chi connectivity index (χ2n) is 10.9. The number of aliphatic hydroxyl groups excluding tert-OH is 1. The van der Waals surface area contributed by atoms with E-state index in [4.69, 9.17) is 5.11 Å². The van der Waals surface area contributed by atoms with Crippen LogP contribution in [0.5, 0.6) is 0 Å². The number of rotatable bonds is 8. The zero-order chi connectivity index (χ0) is 24.9. The lowest BCUT2D eigenvalue weighted by molar-refractivity contribution is 0.204. The maximum atomic E-state index is 8.47. The molecule has 1 saturated carbocycles. The van der Waals surface area contributed by atoms with Crippen molar-refractivity contribution in [1.29, 1.82) is 0 Å². The molecule has 0 aliphatic heterocycles. The lowest BCUT2D eigenvalue weighted by Crippen LogP contribution is -2.29. The molecule has 2 heteroatoms. The van der Waals surface area contributed by atoms with Crippen molar-refractivity contribution in [3.8, 4) is 0 Å². The molecule has 0 saturated heterocycles. The first-order valence-corrected chi connectivity index (χ1v) is 12.8. The third-order valence-corrected chi connectivity index (χ3v) is 7.80. The summed E-state index contributed by atoms with van der Waals surface area (Å²) in [7, 11) is 0. The molecule has 2 aliphatic rings. The quantitative estimate of drug-likeness (QED) is 0.349. The first-order chi connectivity index (χ1) is 14.8. The maximum Gasteiger partial charge on any atom is 0.100 e. The number of hydrogen-bond acceptors (Lipinski definition) is 1. The van der Waals surface area contributed by atoms with E-state index in [1.54, 1.807) is 24.6 Å². The van der Waals surface area contributed by atoms with Crippen LogP contribution in [0, 0.1) is 60.2 Å². The van der Waals surface area contributed by atoms with E-state index in [1.807, 2.05) is 6.08 Å². The molecule has 34 heavy (non-hydrogen) atoms. The molecular formula is C32H59O2. The van der Waals surface area contributed by atoms with Gasteiger partial charge in [-0.25, -0.2) is 0 Å². The number of allylic oxidation sites excluding steroid dienone is 6. The van der Waals surface area contributed by atoms with Crippen LogP contribution in [-0.4, -0.2) is 10.6 Å². The molecule has 0 heterocycles. The minimum atomic E-state index is 0. The van der Waals surface area contributed by atoms with Gasteiger partial charge in [0.15, 0.2) is 0 Å². The van der Waals surface area contributed by atoms with Gasteiger partial charge in [0, 0.05) is 6.42 Å². The maximum absolute atomic E-state index is 8.47. The Balaban J connectivity index is -0.000000666. The van der Waals surface area contributed by atoms with Crippen molar-refractivity contribution in [2.75, 3.05) is 0 Å². The van der Waals surface area contributed by atoms with Crippen LogP contribution in [0.15, 0.2) is 48.8 Å². The van der Waals surface area contributed by atoms with Crippen molar-refractivity contribution in [1.82, 2.24) is 0 Å². The largest absolute Gasteiger partial charge is 0.512 e. The molecule has 2 rings (SSSR count). The second-order valence-corrected chi connectivity index (χ2v) is 10.9. The van der Waals surface area contributed by atoms with E-state index in [-0.39, 0.29) is 23.7 Å². The monoisotopic (exact) mass is 475 g/mol. The van der Waals surface area contributed by atoms with Crippen LogP contribution < -0.4 is 0 Å². The van der Waals surface area contributed by atoms with Gasteiger partial charge in [0.2, 0.25) is 0 Å². The van der Waals surface area contributed by atoms with Crippen LogP contribution in [0.4, 0.5) is 0 Å². The van der Waals surface area contributed by atoms with Crippen molar-refractivity contribution in [2.45, 2.75) is 95.4 Å². The predicted molar refractivity (Wildman–Crippen MR) is 155 cm³/mol. The molecule has 2 nitrogen and oxygen atoms in total. The van der Waals surface area contributed by atoms with Crippen LogP contribution in [-0.2, 0) is 0 Å². The fourth-order valence-electron chi connectivity index (χ4n) is 4.24. The summed E-state index contributed by atoms with van der Waals surface area (Å²) in [6, 6.07) is 0.